The van der Waals surface area contributed by atoms with E-state index < -0.39 is 10.0 Å². The Morgan fingerprint density at radius 2 is 1.78 bits per heavy atom. The first-order valence-corrected chi connectivity index (χ1v) is 11.3. The third kappa shape index (κ3) is 4.70. The Morgan fingerprint density at radius 3 is 2.41 bits per heavy atom. The number of piperazine rings is 1. The highest BCUT2D eigenvalue weighted by atomic mass is 32.2. The lowest BCUT2D eigenvalue weighted by Gasteiger charge is -2.36. The van der Waals surface area contributed by atoms with E-state index in [9.17, 15) is 13.2 Å². The predicted octanol–water partition coefficient (Wildman–Crippen LogP) is 1.87. The Balaban J connectivity index is 1.56. The predicted molar refractivity (Wildman–Crippen MR) is 106 cm³/mol. The van der Waals surface area contributed by atoms with Gasteiger partial charge in [0.05, 0.1) is 11.4 Å². The van der Waals surface area contributed by atoms with Crippen LogP contribution in [-0.2, 0) is 14.8 Å². The highest BCUT2D eigenvalue weighted by Crippen LogP contribution is 2.21. The van der Waals surface area contributed by atoms with E-state index in [1.165, 1.54) is 6.42 Å². The van der Waals surface area contributed by atoms with E-state index in [4.69, 9.17) is 0 Å². The van der Waals surface area contributed by atoms with E-state index in [1.54, 1.807) is 16.4 Å². The second-order valence-electron chi connectivity index (χ2n) is 8.01. The van der Waals surface area contributed by atoms with Crippen LogP contribution in [0.5, 0.6) is 0 Å². The number of aryl methyl sites for hydroxylation is 2. The molecule has 1 atom stereocenters. The summed E-state index contributed by atoms with van der Waals surface area (Å²) in [4.78, 5) is 16.9. The molecule has 7 heteroatoms. The van der Waals surface area contributed by atoms with Crippen molar-refractivity contribution in [2.24, 2.45) is 5.92 Å². The van der Waals surface area contributed by atoms with Crippen molar-refractivity contribution in [3.63, 3.8) is 0 Å². The number of nitrogens with zero attached hydrogens (tertiary/aromatic N) is 3. The number of hydrogen-bond donors (Lipinski definition) is 0. The van der Waals surface area contributed by atoms with Gasteiger partial charge in [-0.25, -0.2) is 8.42 Å². The third-order valence-corrected chi connectivity index (χ3v) is 7.71. The summed E-state index contributed by atoms with van der Waals surface area (Å²) in [5.41, 5.74) is 2.07. The summed E-state index contributed by atoms with van der Waals surface area (Å²) >= 11 is 0. The maximum absolute atomic E-state index is 12.9. The molecule has 2 saturated heterocycles. The number of carbonyl (C=O) groups is 1. The lowest BCUT2D eigenvalue weighted by Crippen LogP contribution is -2.52. The number of likely N-dealkylation sites (tertiary alicyclic amines) is 1. The van der Waals surface area contributed by atoms with Crippen LogP contribution in [0.4, 0.5) is 0 Å². The maximum atomic E-state index is 12.9. The van der Waals surface area contributed by atoms with E-state index in [1.807, 2.05) is 24.8 Å². The van der Waals surface area contributed by atoms with Crippen molar-refractivity contribution in [3.8, 4) is 0 Å². The molecule has 1 amide bonds. The lowest BCUT2D eigenvalue weighted by molar-refractivity contribution is -0.134. The van der Waals surface area contributed by atoms with Gasteiger partial charge >= 0.3 is 0 Å². The standard InChI is InChI=1S/C20H31N3O3S/c1-16-5-4-8-22(14-16)20(24)15-21-9-11-23(12-10-21)27(25,26)19-7-6-17(2)18(3)13-19/h6-7,13,16H,4-5,8-12,14-15H2,1-3H3/t16-/m0/s1. The van der Waals surface area contributed by atoms with Gasteiger partial charge in [-0.05, 0) is 55.9 Å². The molecule has 2 fully saturated rings. The second-order valence-corrected chi connectivity index (χ2v) is 9.95. The molecular formula is C20H31N3O3S. The minimum Gasteiger partial charge on any atom is -0.341 e. The lowest BCUT2D eigenvalue weighted by atomic mass is 10.0. The van der Waals surface area contributed by atoms with Crippen molar-refractivity contribution >= 4 is 15.9 Å². The first kappa shape index (κ1) is 20.3. The van der Waals surface area contributed by atoms with Crippen LogP contribution in [0.25, 0.3) is 0 Å². The van der Waals surface area contributed by atoms with E-state index in [0.29, 0.717) is 43.5 Å². The zero-order valence-electron chi connectivity index (χ0n) is 16.6. The van der Waals surface area contributed by atoms with Crippen molar-refractivity contribution in [1.82, 2.24) is 14.1 Å². The molecule has 0 aromatic heterocycles. The van der Waals surface area contributed by atoms with Gasteiger partial charge in [0, 0.05) is 39.3 Å². The van der Waals surface area contributed by atoms with Gasteiger partial charge in [-0.15, -0.1) is 0 Å². The minimum atomic E-state index is -3.47. The Hall–Kier alpha value is -1.44. The van der Waals surface area contributed by atoms with E-state index in [2.05, 4.69) is 11.8 Å². The van der Waals surface area contributed by atoms with Crippen LogP contribution in [-0.4, -0.2) is 74.2 Å². The van der Waals surface area contributed by atoms with Gasteiger partial charge < -0.3 is 4.90 Å². The van der Waals surface area contributed by atoms with E-state index >= 15 is 0 Å². The van der Waals surface area contributed by atoms with Gasteiger partial charge in [0.15, 0.2) is 0 Å². The minimum absolute atomic E-state index is 0.173. The van der Waals surface area contributed by atoms with E-state index in [0.717, 1.165) is 30.6 Å². The summed E-state index contributed by atoms with van der Waals surface area (Å²) in [5, 5.41) is 0. The average Bonchev–Trinajstić information content (AvgIpc) is 2.64. The molecule has 0 unspecified atom stereocenters. The molecule has 0 aliphatic carbocycles. The topological polar surface area (TPSA) is 60.9 Å². The third-order valence-electron chi connectivity index (χ3n) is 5.82. The van der Waals surface area contributed by atoms with E-state index in [-0.39, 0.29) is 5.91 Å². The van der Waals surface area contributed by atoms with Crippen LogP contribution in [0.3, 0.4) is 0 Å². The smallest absolute Gasteiger partial charge is 0.243 e. The molecule has 2 heterocycles. The largest absolute Gasteiger partial charge is 0.341 e. The van der Waals surface area contributed by atoms with Crippen LogP contribution in [0.1, 0.15) is 30.9 Å². The van der Waals surface area contributed by atoms with Crippen LogP contribution < -0.4 is 0 Å². The summed E-state index contributed by atoms with van der Waals surface area (Å²) in [6.45, 7) is 10.2. The fourth-order valence-corrected chi connectivity index (χ4v) is 5.37. The zero-order chi connectivity index (χ0) is 19.6. The number of sulfonamides is 1. The molecule has 2 aliphatic rings. The van der Waals surface area contributed by atoms with Crippen molar-refractivity contribution in [2.45, 2.75) is 38.5 Å². The summed E-state index contributed by atoms with van der Waals surface area (Å²) < 4.78 is 27.3. The fourth-order valence-electron chi connectivity index (χ4n) is 3.86. The number of carbonyl (C=O) groups excluding carboxylic acids is 1. The fraction of sp³-hybridized carbons (Fsp3) is 0.650. The molecule has 2 aliphatic heterocycles. The van der Waals surface area contributed by atoms with Crippen molar-refractivity contribution in [2.75, 3.05) is 45.8 Å². The molecular weight excluding hydrogens is 362 g/mol. The van der Waals surface area contributed by atoms with Gasteiger partial charge in [0.25, 0.3) is 0 Å². The highest BCUT2D eigenvalue weighted by molar-refractivity contribution is 7.89. The van der Waals surface area contributed by atoms with Crippen molar-refractivity contribution in [3.05, 3.63) is 29.3 Å². The Bertz CT molecular complexity index is 786. The molecule has 0 saturated carbocycles. The SMILES string of the molecule is Cc1ccc(S(=O)(=O)N2CCN(CC(=O)N3CCC[C@H](C)C3)CC2)cc1C. The number of amides is 1. The number of benzene rings is 1. The normalized spacial score (nSPS) is 22.8. The molecule has 1 aromatic rings. The summed E-state index contributed by atoms with van der Waals surface area (Å²) in [5.74, 6) is 0.745. The van der Waals surface area contributed by atoms with Gasteiger partial charge in [-0.1, -0.05) is 13.0 Å². The molecule has 1 aromatic carbocycles. The molecule has 0 radical (unpaired) electrons. The molecule has 0 bridgehead atoms. The highest BCUT2D eigenvalue weighted by Gasteiger charge is 2.30. The van der Waals surface area contributed by atoms with Crippen molar-refractivity contribution in [1.29, 1.82) is 0 Å². The maximum Gasteiger partial charge on any atom is 0.243 e. The number of hydrogen-bond acceptors (Lipinski definition) is 4. The molecule has 27 heavy (non-hydrogen) atoms. The van der Waals surface area contributed by atoms with Gasteiger partial charge in [-0.2, -0.15) is 4.31 Å². The van der Waals surface area contributed by atoms with Crippen LogP contribution in [0.2, 0.25) is 0 Å². The molecule has 0 N–H and O–H groups in total. The first-order valence-electron chi connectivity index (χ1n) is 9.85. The quantitative estimate of drug-likeness (QED) is 0.784. The monoisotopic (exact) mass is 393 g/mol. The Kier molecular flexibility index (Phi) is 6.23. The zero-order valence-corrected chi connectivity index (χ0v) is 17.5. The van der Waals surface area contributed by atoms with Gasteiger partial charge in [0.2, 0.25) is 15.9 Å². The number of piperidine rings is 1. The summed E-state index contributed by atoms with van der Waals surface area (Å²) in [6, 6.07) is 5.29. The molecule has 3 rings (SSSR count). The van der Waals surface area contributed by atoms with Crippen LogP contribution >= 0.6 is 0 Å². The molecule has 0 spiro atoms. The first-order chi connectivity index (χ1) is 12.8. The average molecular weight is 394 g/mol. The Labute approximate surface area is 163 Å². The summed E-state index contributed by atoms with van der Waals surface area (Å²) in [6.07, 6.45) is 2.27. The summed E-state index contributed by atoms with van der Waals surface area (Å²) in [7, 11) is -3.47. The van der Waals surface area contributed by atoms with Crippen molar-refractivity contribution < 1.29 is 13.2 Å². The van der Waals surface area contributed by atoms with Crippen LogP contribution in [0, 0.1) is 19.8 Å². The Morgan fingerprint density at radius 1 is 1.07 bits per heavy atom. The van der Waals surface area contributed by atoms with Crippen LogP contribution in [0.15, 0.2) is 23.1 Å². The van der Waals surface area contributed by atoms with Gasteiger partial charge in [-0.3, -0.25) is 9.69 Å². The van der Waals surface area contributed by atoms with Gasteiger partial charge in [0.1, 0.15) is 0 Å². The molecule has 150 valence electrons. The molecule has 6 nitrogen and oxygen atoms in total. The number of rotatable bonds is 4. The second kappa shape index (κ2) is 8.29.